The Morgan fingerprint density at radius 1 is 1.24 bits per heavy atom. The molecule has 2 N–H and O–H groups in total. The highest BCUT2D eigenvalue weighted by Gasteiger charge is 2.34. The lowest BCUT2D eigenvalue weighted by molar-refractivity contribution is -0.133. The predicted octanol–water partition coefficient (Wildman–Crippen LogP) is 2.99. The predicted molar refractivity (Wildman–Crippen MR) is 87.0 cm³/mol. The summed E-state index contributed by atoms with van der Waals surface area (Å²) in [6, 6.07) is 10.6. The van der Waals surface area contributed by atoms with Gasteiger partial charge in [0.25, 0.3) is 0 Å². The zero-order valence-corrected chi connectivity index (χ0v) is 13.2. The van der Waals surface area contributed by atoms with Gasteiger partial charge in [-0.1, -0.05) is 37.3 Å². The maximum Gasteiger partial charge on any atom is 0.222 e. The maximum atomic E-state index is 12.0. The molecule has 1 amide bonds. The van der Waals surface area contributed by atoms with Crippen molar-refractivity contribution in [3.05, 3.63) is 35.9 Å². The third-order valence-corrected chi connectivity index (χ3v) is 4.86. The number of aryl methyl sites for hydroxylation is 1. The largest absolute Gasteiger partial charge is 0.343 e. The molecule has 1 fully saturated rings. The standard InChI is InChI=1S/C18H28N2O/c1-2-6-17(21)20-13-11-18(15-19,12-14-20)10-9-16-7-4-3-5-8-16/h3-5,7-8H,2,6,9-15,19H2,1H3. The van der Waals surface area contributed by atoms with E-state index < -0.39 is 0 Å². The van der Waals surface area contributed by atoms with Gasteiger partial charge in [0.15, 0.2) is 0 Å². The van der Waals surface area contributed by atoms with Gasteiger partial charge >= 0.3 is 0 Å². The highest BCUT2D eigenvalue weighted by atomic mass is 16.2. The number of carbonyl (C=O) groups is 1. The maximum absolute atomic E-state index is 12.0. The van der Waals surface area contributed by atoms with Gasteiger partial charge in [0.05, 0.1) is 0 Å². The summed E-state index contributed by atoms with van der Waals surface area (Å²) in [5, 5.41) is 0. The minimum absolute atomic E-state index is 0.221. The Morgan fingerprint density at radius 2 is 1.90 bits per heavy atom. The second kappa shape index (κ2) is 7.60. The Balaban J connectivity index is 1.87. The third-order valence-electron chi connectivity index (χ3n) is 4.86. The number of hydrogen-bond acceptors (Lipinski definition) is 2. The van der Waals surface area contributed by atoms with Crippen molar-refractivity contribution in [3.8, 4) is 0 Å². The Bertz CT molecular complexity index is 436. The topological polar surface area (TPSA) is 46.3 Å². The van der Waals surface area contributed by atoms with Crippen molar-refractivity contribution in [1.82, 2.24) is 4.90 Å². The fraction of sp³-hybridized carbons (Fsp3) is 0.611. The van der Waals surface area contributed by atoms with Crippen LogP contribution in [0.1, 0.15) is 44.6 Å². The molecule has 0 aromatic heterocycles. The molecule has 0 bridgehead atoms. The minimum Gasteiger partial charge on any atom is -0.343 e. The van der Waals surface area contributed by atoms with Crippen LogP contribution in [-0.2, 0) is 11.2 Å². The molecule has 21 heavy (non-hydrogen) atoms. The lowest BCUT2D eigenvalue weighted by Gasteiger charge is -2.41. The van der Waals surface area contributed by atoms with Crippen LogP contribution in [0.15, 0.2) is 30.3 Å². The molecule has 0 aliphatic carbocycles. The van der Waals surface area contributed by atoms with Crippen molar-refractivity contribution in [3.63, 3.8) is 0 Å². The smallest absolute Gasteiger partial charge is 0.222 e. The molecule has 0 saturated carbocycles. The van der Waals surface area contributed by atoms with Gasteiger partial charge in [-0.25, -0.2) is 0 Å². The number of piperidine rings is 1. The van der Waals surface area contributed by atoms with Gasteiger partial charge in [-0.2, -0.15) is 0 Å². The van der Waals surface area contributed by atoms with E-state index in [1.807, 2.05) is 4.90 Å². The lowest BCUT2D eigenvalue weighted by Crippen LogP contribution is -2.46. The molecule has 1 aromatic rings. The monoisotopic (exact) mass is 288 g/mol. The van der Waals surface area contributed by atoms with E-state index in [1.54, 1.807) is 0 Å². The van der Waals surface area contributed by atoms with E-state index >= 15 is 0 Å². The van der Waals surface area contributed by atoms with Crippen LogP contribution in [-0.4, -0.2) is 30.4 Å². The van der Waals surface area contributed by atoms with Gasteiger partial charge in [-0.3, -0.25) is 4.79 Å². The quantitative estimate of drug-likeness (QED) is 0.874. The van der Waals surface area contributed by atoms with Gasteiger partial charge in [0, 0.05) is 19.5 Å². The number of benzene rings is 1. The molecular weight excluding hydrogens is 260 g/mol. The number of hydrogen-bond donors (Lipinski definition) is 1. The van der Waals surface area contributed by atoms with Crippen LogP contribution in [0.25, 0.3) is 0 Å². The van der Waals surface area contributed by atoms with E-state index in [0.29, 0.717) is 12.3 Å². The summed E-state index contributed by atoms with van der Waals surface area (Å²) in [5.41, 5.74) is 7.68. The fourth-order valence-corrected chi connectivity index (χ4v) is 3.21. The molecule has 3 heteroatoms. The first-order chi connectivity index (χ1) is 10.2. The summed E-state index contributed by atoms with van der Waals surface area (Å²) in [7, 11) is 0. The molecule has 0 atom stereocenters. The second-order valence-corrected chi connectivity index (χ2v) is 6.32. The van der Waals surface area contributed by atoms with Gasteiger partial charge in [-0.15, -0.1) is 0 Å². The molecule has 1 aliphatic heterocycles. The first-order valence-electron chi connectivity index (χ1n) is 8.21. The summed E-state index contributed by atoms with van der Waals surface area (Å²) in [6.45, 7) is 4.55. The average Bonchev–Trinajstić information content (AvgIpc) is 2.54. The molecule has 0 spiro atoms. The normalized spacial score (nSPS) is 17.7. The van der Waals surface area contributed by atoms with E-state index in [9.17, 15) is 4.79 Å². The SMILES string of the molecule is CCCC(=O)N1CCC(CN)(CCc2ccccc2)CC1. The molecule has 3 nitrogen and oxygen atoms in total. The van der Waals surface area contributed by atoms with Crippen molar-refractivity contribution in [2.45, 2.75) is 45.4 Å². The van der Waals surface area contributed by atoms with E-state index in [-0.39, 0.29) is 5.41 Å². The molecule has 1 aromatic carbocycles. The number of nitrogens with two attached hydrogens (primary N) is 1. The van der Waals surface area contributed by atoms with Gasteiger partial charge in [0.2, 0.25) is 5.91 Å². The number of likely N-dealkylation sites (tertiary alicyclic amines) is 1. The molecule has 1 saturated heterocycles. The molecule has 0 radical (unpaired) electrons. The van der Waals surface area contributed by atoms with Crippen LogP contribution in [0.5, 0.6) is 0 Å². The molecule has 1 heterocycles. The summed E-state index contributed by atoms with van der Waals surface area (Å²) in [5.74, 6) is 0.311. The van der Waals surface area contributed by atoms with Crippen LogP contribution >= 0.6 is 0 Å². The third kappa shape index (κ3) is 4.31. The summed E-state index contributed by atoms with van der Waals surface area (Å²) in [4.78, 5) is 14.0. The second-order valence-electron chi connectivity index (χ2n) is 6.32. The van der Waals surface area contributed by atoms with Crippen LogP contribution in [0, 0.1) is 5.41 Å². The van der Waals surface area contributed by atoms with E-state index in [0.717, 1.165) is 51.7 Å². The Kier molecular flexibility index (Phi) is 5.80. The molecule has 116 valence electrons. The number of rotatable bonds is 6. The lowest BCUT2D eigenvalue weighted by atomic mass is 9.74. The minimum atomic E-state index is 0.221. The Labute approximate surface area is 128 Å². The Hall–Kier alpha value is -1.35. The first kappa shape index (κ1) is 16.0. The van der Waals surface area contributed by atoms with Crippen molar-refractivity contribution in [2.24, 2.45) is 11.1 Å². The summed E-state index contributed by atoms with van der Waals surface area (Å²) < 4.78 is 0. The molecule has 1 aliphatic rings. The zero-order chi connectivity index (χ0) is 15.1. The van der Waals surface area contributed by atoms with E-state index in [2.05, 4.69) is 37.3 Å². The number of nitrogens with zero attached hydrogens (tertiary/aromatic N) is 1. The first-order valence-corrected chi connectivity index (χ1v) is 8.21. The highest BCUT2D eigenvalue weighted by molar-refractivity contribution is 5.76. The van der Waals surface area contributed by atoms with Gasteiger partial charge < -0.3 is 10.6 Å². The summed E-state index contributed by atoms with van der Waals surface area (Å²) in [6.07, 6.45) is 5.92. The van der Waals surface area contributed by atoms with Crippen LogP contribution in [0.2, 0.25) is 0 Å². The van der Waals surface area contributed by atoms with E-state index in [4.69, 9.17) is 5.73 Å². The number of amides is 1. The van der Waals surface area contributed by atoms with Crippen molar-refractivity contribution >= 4 is 5.91 Å². The Morgan fingerprint density at radius 3 is 2.48 bits per heavy atom. The van der Waals surface area contributed by atoms with Crippen molar-refractivity contribution < 1.29 is 4.79 Å². The zero-order valence-electron chi connectivity index (χ0n) is 13.2. The van der Waals surface area contributed by atoms with Crippen molar-refractivity contribution in [2.75, 3.05) is 19.6 Å². The van der Waals surface area contributed by atoms with Crippen LogP contribution < -0.4 is 5.73 Å². The summed E-state index contributed by atoms with van der Waals surface area (Å²) >= 11 is 0. The molecule has 2 rings (SSSR count). The molecule has 0 unspecified atom stereocenters. The van der Waals surface area contributed by atoms with Gasteiger partial charge in [0.1, 0.15) is 0 Å². The average molecular weight is 288 g/mol. The van der Waals surface area contributed by atoms with Gasteiger partial charge in [-0.05, 0) is 49.6 Å². The van der Waals surface area contributed by atoms with Crippen LogP contribution in [0.3, 0.4) is 0 Å². The van der Waals surface area contributed by atoms with Crippen molar-refractivity contribution in [1.29, 1.82) is 0 Å². The van der Waals surface area contributed by atoms with Crippen LogP contribution in [0.4, 0.5) is 0 Å². The number of carbonyl (C=O) groups excluding carboxylic acids is 1. The van der Waals surface area contributed by atoms with E-state index in [1.165, 1.54) is 5.56 Å². The highest BCUT2D eigenvalue weighted by Crippen LogP contribution is 2.35. The fourth-order valence-electron chi connectivity index (χ4n) is 3.21. The molecular formula is C18H28N2O.